The number of pyridine rings is 1. The summed E-state index contributed by atoms with van der Waals surface area (Å²) in [6, 6.07) is 20.1. The summed E-state index contributed by atoms with van der Waals surface area (Å²) in [5.41, 5.74) is 2.97. The Morgan fingerprint density at radius 2 is 1.97 bits per heavy atom. The van der Waals surface area contributed by atoms with Gasteiger partial charge in [-0.15, -0.1) is 6.58 Å². The van der Waals surface area contributed by atoms with Crippen molar-refractivity contribution in [3.8, 4) is 0 Å². The standard InChI is InChI=1S/C28H30N2O3/c1-2-21-17-30-15-13-22(21)16-26(30)28(24-12-14-29-25-11-7-6-10-23(24)25)33-27(31)19-32-18-20-8-4-3-5-9-20/h2-12,14,21-22,26,28H,1,13,15-19H2/t21-,22-,26-,28+/m0/s1. The van der Waals surface area contributed by atoms with E-state index in [1.54, 1.807) is 0 Å². The first kappa shape index (κ1) is 21.8. The van der Waals surface area contributed by atoms with Crippen LogP contribution >= 0.6 is 0 Å². The molecular weight excluding hydrogens is 412 g/mol. The molecule has 5 atom stereocenters. The maximum absolute atomic E-state index is 12.9. The van der Waals surface area contributed by atoms with Crippen molar-refractivity contribution in [3.63, 3.8) is 0 Å². The average Bonchev–Trinajstić information content (AvgIpc) is 2.88. The minimum Gasteiger partial charge on any atom is -0.454 e. The summed E-state index contributed by atoms with van der Waals surface area (Å²) in [6.45, 7) is 6.36. The highest BCUT2D eigenvalue weighted by atomic mass is 16.6. The molecule has 0 aliphatic carbocycles. The van der Waals surface area contributed by atoms with E-state index in [0.717, 1.165) is 41.5 Å². The summed E-state index contributed by atoms with van der Waals surface area (Å²) in [7, 11) is 0. The van der Waals surface area contributed by atoms with E-state index in [4.69, 9.17) is 9.47 Å². The highest BCUT2D eigenvalue weighted by Crippen LogP contribution is 2.43. The number of hydrogen-bond donors (Lipinski definition) is 0. The van der Waals surface area contributed by atoms with Crippen LogP contribution in [0.1, 0.15) is 30.1 Å². The highest BCUT2D eigenvalue weighted by Gasteiger charge is 2.44. The van der Waals surface area contributed by atoms with Gasteiger partial charge in [0.2, 0.25) is 0 Å². The number of hydrogen-bond acceptors (Lipinski definition) is 5. The lowest BCUT2D eigenvalue weighted by atomic mass is 9.73. The third-order valence-corrected chi connectivity index (χ3v) is 7.08. The third kappa shape index (κ3) is 4.70. The highest BCUT2D eigenvalue weighted by molar-refractivity contribution is 5.83. The van der Waals surface area contributed by atoms with Crippen LogP contribution in [-0.4, -0.2) is 41.6 Å². The minimum absolute atomic E-state index is 0.0696. The van der Waals surface area contributed by atoms with Crippen LogP contribution in [0.5, 0.6) is 0 Å². The number of piperidine rings is 3. The summed E-state index contributed by atoms with van der Waals surface area (Å²) in [5.74, 6) is 0.760. The van der Waals surface area contributed by atoms with Gasteiger partial charge >= 0.3 is 5.97 Å². The molecule has 3 aliphatic heterocycles. The van der Waals surface area contributed by atoms with Gasteiger partial charge in [-0.2, -0.15) is 0 Å². The van der Waals surface area contributed by atoms with Crippen LogP contribution < -0.4 is 0 Å². The number of rotatable bonds is 8. The fourth-order valence-corrected chi connectivity index (χ4v) is 5.41. The molecule has 2 aromatic carbocycles. The topological polar surface area (TPSA) is 51.7 Å². The lowest BCUT2D eigenvalue weighted by Gasteiger charge is -2.51. The van der Waals surface area contributed by atoms with Crippen molar-refractivity contribution in [2.24, 2.45) is 11.8 Å². The first-order valence-electron chi connectivity index (χ1n) is 11.7. The van der Waals surface area contributed by atoms with Gasteiger partial charge in [0, 0.05) is 23.7 Å². The molecule has 1 aromatic heterocycles. The van der Waals surface area contributed by atoms with Crippen molar-refractivity contribution in [3.05, 3.63) is 90.6 Å². The number of aromatic nitrogens is 1. The molecule has 1 unspecified atom stereocenters. The van der Waals surface area contributed by atoms with E-state index >= 15 is 0 Å². The van der Waals surface area contributed by atoms with Crippen molar-refractivity contribution in [2.75, 3.05) is 19.7 Å². The normalized spacial score (nSPS) is 25.0. The van der Waals surface area contributed by atoms with E-state index in [-0.39, 0.29) is 24.7 Å². The number of ether oxygens (including phenoxy) is 2. The number of fused-ring (bicyclic) bond motifs is 4. The molecule has 0 radical (unpaired) electrons. The van der Waals surface area contributed by atoms with Gasteiger partial charge in [0.15, 0.2) is 0 Å². The number of carbonyl (C=O) groups is 1. The first-order valence-corrected chi connectivity index (χ1v) is 11.7. The SMILES string of the molecule is C=C[C@H]1CN2CC[C@H]1C[C@H]2[C@H](OC(=O)COCc1ccccc1)c1ccnc2ccccc12. The molecule has 2 bridgehead atoms. The second-order valence-corrected chi connectivity index (χ2v) is 9.05. The van der Waals surface area contributed by atoms with Crippen LogP contribution in [-0.2, 0) is 20.9 Å². The molecule has 3 aliphatic rings. The summed E-state index contributed by atoms with van der Waals surface area (Å²) < 4.78 is 11.9. The van der Waals surface area contributed by atoms with Gasteiger partial charge < -0.3 is 9.47 Å². The summed E-state index contributed by atoms with van der Waals surface area (Å²) in [5, 5.41) is 1.03. The van der Waals surface area contributed by atoms with Crippen LogP contribution in [0, 0.1) is 11.8 Å². The fourth-order valence-electron chi connectivity index (χ4n) is 5.41. The maximum atomic E-state index is 12.9. The van der Waals surface area contributed by atoms with Gasteiger partial charge in [-0.3, -0.25) is 9.88 Å². The molecule has 5 heteroatoms. The zero-order valence-corrected chi connectivity index (χ0v) is 18.8. The van der Waals surface area contributed by atoms with E-state index in [2.05, 4.69) is 28.6 Å². The van der Waals surface area contributed by atoms with Crippen molar-refractivity contribution in [1.82, 2.24) is 9.88 Å². The summed E-state index contributed by atoms with van der Waals surface area (Å²) >= 11 is 0. The second-order valence-electron chi connectivity index (χ2n) is 9.05. The molecule has 3 aromatic rings. The Morgan fingerprint density at radius 1 is 1.15 bits per heavy atom. The first-order chi connectivity index (χ1) is 16.2. The van der Waals surface area contributed by atoms with Gasteiger partial charge in [0.25, 0.3) is 0 Å². The molecule has 3 saturated heterocycles. The fraction of sp³-hybridized carbons (Fsp3) is 0.357. The van der Waals surface area contributed by atoms with E-state index in [0.29, 0.717) is 18.4 Å². The molecule has 0 N–H and O–H groups in total. The summed E-state index contributed by atoms with van der Waals surface area (Å²) in [6.07, 6.45) is 5.71. The van der Waals surface area contributed by atoms with Gasteiger partial charge in [0.05, 0.1) is 18.2 Å². The Bertz CT molecular complexity index is 1110. The van der Waals surface area contributed by atoms with Gasteiger partial charge in [0.1, 0.15) is 12.7 Å². The van der Waals surface area contributed by atoms with Crippen molar-refractivity contribution < 1.29 is 14.3 Å². The van der Waals surface area contributed by atoms with Crippen LogP contribution in [0.3, 0.4) is 0 Å². The minimum atomic E-state index is -0.362. The molecule has 33 heavy (non-hydrogen) atoms. The smallest absolute Gasteiger partial charge is 0.332 e. The van der Waals surface area contributed by atoms with Crippen molar-refractivity contribution in [2.45, 2.75) is 31.6 Å². The molecule has 0 amide bonds. The Morgan fingerprint density at radius 3 is 2.76 bits per heavy atom. The largest absolute Gasteiger partial charge is 0.454 e. The number of esters is 1. The van der Waals surface area contributed by atoms with E-state index < -0.39 is 0 Å². The second kappa shape index (κ2) is 9.86. The zero-order valence-electron chi connectivity index (χ0n) is 18.8. The molecule has 4 heterocycles. The lowest BCUT2D eigenvalue weighted by molar-refractivity contribution is -0.162. The van der Waals surface area contributed by atoms with E-state index in [1.807, 2.05) is 60.8 Å². The van der Waals surface area contributed by atoms with Crippen molar-refractivity contribution >= 4 is 16.9 Å². The maximum Gasteiger partial charge on any atom is 0.332 e. The zero-order chi connectivity index (χ0) is 22.6. The van der Waals surface area contributed by atoms with E-state index in [1.165, 1.54) is 6.42 Å². The van der Waals surface area contributed by atoms with Crippen LogP contribution in [0.2, 0.25) is 0 Å². The molecule has 6 rings (SSSR count). The molecule has 170 valence electrons. The molecule has 5 nitrogen and oxygen atoms in total. The number of carbonyl (C=O) groups excluding carboxylic acids is 1. The van der Waals surface area contributed by atoms with E-state index in [9.17, 15) is 4.79 Å². The number of benzene rings is 2. The quantitative estimate of drug-likeness (QED) is 0.366. The molecule has 3 fully saturated rings. The number of para-hydroxylation sites is 1. The average molecular weight is 443 g/mol. The Balaban J connectivity index is 1.37. The Kier molecular flexibility index (Phi) is 6.51. The third-order valence-electron chi connectivity index (χ3n) is 7.08. The molecular formula is C28H30N2O3. The summed E-state index contributed by atoms with van der Waals surface area (Å²) in [4.78, 5) is 19.9. The van der Waals surface area contributed by atoms with Crippen LogP contribution in [0.25, 0.3) is 10.9 Å². The number of nitrogens with zero attached hydrogens (tertiary/aromatic N) is 2. The molecule has 0 spiro atoms. The van der Waals surface area contributed by atoms with Gasteiger partial charge in [-0.1, -0.05) is 54.6 Å². The Labute approximate surface area is 195 Å². The lowest BCUT2D eigenvalue weighted by Crippen LogP contribution is -2.55. The predicted octanol–water partition coefficient (Wildman–Crippen LogP) is 4.93. The molecule has 0 saturated carbocycles. The van der Waals surface area contributed by atoms with Crippen LogP contribution in [0.4, 0.5) is 0 Å². The predicted molar refractivity (Wildman–Crippen MR) is 128 cm³/mol. The van der Waals surface area contributed by atoms with Gasteiger partial charge in [-0.05, 0) is 48.9 Å². The monoisotopic (exact) mass is 442 g/mol. The van der Waals surface area contributed by atoms with Crippen LogP contribution in [0.15, 0.2) is 79.5 Å². The van der Waals surface area contributed by atoms with Crippen molar-refractivity contribution in [1.29, 1.82) is 0 Å². The van der Waals surface area contributed by atoms with Gasteiger partial charge in [-0.25, -0.2) is 4.79 Å². The Hall–Kier alpha value is -3.02.